The van der Waals surface area contributed by atoms with Gasteiger partial charge in [-0.3, -0.25) is 4.90 Å². The smallest absolute Gasteiger partial charge is 0.340 e. The van der Waals surface area contributed by atoms with Gasteiger partial charge in [0.2, 0.25) is 0 Å². The monoisotopic (exact) mass is 468 g/mol. The third kappa shape index (κ3) is 4.87. The summed E-state index contributed by atoms with van der Waals surface area (Å²) in [5, 5.41) is 11.7. The molecule has 2 aliphatic rings. The van der Waals surface area contributed by atoms with Gasteiger partial charge in [-0.25, -0.2) is 4.79 Å². The van der Waals surface area contributed by atoms with E-state index < -0.39 is 22.5 Å². The minimum atomic E-state index is -1.18. The zero-order valence-electron chi connectivity index (χ0n) is 19.1. The molecule has 1 N–H and O–H groups in total. The lowest BCUT2D eigenvalue weighted by atomic mass is 9.79. The Hall–Kier alpha value is -2.19. The second-order valence-electron chi connectivity index (χ2n) is 8.94. The second kappa shape index (κ2) is 10.4. The number of likely N-dealkylation sites (N-methyl/N-ethyl adjacent to an activating group) is 1. The number of aliphatic hydroxyl groups is 1. The van der Waals surface area contributed by atoms with E-state index in [4.69, 9.17) is 4.74 Å². The van der Waals surface area contributed by atoms with E-state index in [1.54, 1.807) is 0 Å². The number of hydrogen-bond acceptors (Lipinski definition) is 7. The summed E-state index contributed by atoms with van der Waals surface area (Å²) < 4.78 is 6.28. The number of esters is 1. The van der Waals surface area contributed by atoms with Crippen molar-refractivity contribution < 1.29 is 19.4 Å². The fraction of sp³-hybridized carbons (Fsp3) is 0.462. The Morgan fingerprint density at radius 2 is 1.70 bits per heavy atom. The Kier molecular flexibility index (Phi) is 7.54. The average Bonchev–Trinajstić information content (AvgIpc) is 2.84. The highest BCUT2D eigenvalue weighted by Gasteiger charge is 2.60. The van der Waals surface area contributed by atoms with Crippen molar-refractivity contribution in [2.24, 2.45) is 0 Å². The van der Waals surface area contributed by atoms with Crippen LogP contribution in [0.1, 0.15) is 30.4 Å². The van der Waals surface area contributed by atoms with Gasteiger partial charge in [0.15, 0.2) is 4.87 Å². The molecule has 3 atom stereocenters. The highest BCUT2D eigenvalue weighted by atomic mass is 32.2. The summed E-state index contributed by atoms with van der Waals surface area (Å²) in [4.78, 5) is 28.3. The van der Waals surface area contributed by atoms with Gasteiger partial charge in [-0.15, -0.1) is 11.8 Å². The summed E-state index contributed by atoms with van der Waals surface area (Å²) in [6.07, 6.45) is 0.768. The first kappa shape index (κ1) is 24.0. The van der Waals surface area contributed by atoms with Crippen molar-refractivity contribution in [2.75, 3.05) is 33.2 Å². The molecule has 2 heterocycles. The fourth-order valence-electron chi connectivity index (χ4n) is 4.88. The number of carbonyl (C=O) groups is 2. The van der Waals surface area contributed by atoms with Crippen LogP contribution in [0.3, 0.4) is 0 Å². The van der Waals surface area contributed by atoms with Crippen LogP contribution in [0.4, 0.5) is 0 Å². The molecule has 2 fully saturated rings. The Bertz CT molecular complexity index is 936. The van der Waals surface area contributed by atoms with Gasteiger partial charge in [0, 0.05) is 44.8 Å². The number of carbonyl (C=O) groups excluding carboxylic acids is 2. The first-order valence-electron chi connectivity index (χ1n) is 11.5. The van der Waals surface area contributed by atoms with Crippen LogP contribution < -0.4 is 0 Å². The molecule has 2 aromatic rings. The van der Waals surface area contributed by atoms with Crippen molar-refractivity contribution in [1.82, 2.24) is 9.80 Å². The van der Waals surface area contributed by atoms with Gasteiger partial charge in [-0.05, 0) is 24.6 Å². The van der Waals surface area contributed by atoms with Crippen LogP contribution in [0.25, 0.3) is 0 Å². The quantitative estimate of drug-likeness (QED) is 0.472. The lowest BCUT2D eigenvalue weighted by molar-refractivity contribution is -0.200. The number of aliphatic hydroxyl groups excluding tert-OH is 1. The molecule has 3 unspecified atom stereocenters. The van der Waals surface area contributed by atoms with Crippen molar-refractivity contribution in [3.63, 3.8) is 0 Å². The number of hydrogen-bond donors (Lipinski definition) is 1. The summed E-state index contributed by atoms with van der Waals surface area (Å²) >= 11 is 1.45. The molecule has 0 amide bonds. The lowest BCUT2D eigenvalue weighted by Gasteiger charge is -2.53. The van der Waals surface area contributed by atoms with Gasteiger partial charge in [0.1, 0.15) is 11.9 Å². The fourth-order valence-corrected chi connectivity index (χ4v) is 6.26. The minimum Gasteiger partial charge on any atom is -0.452 e. The first-order chi connectivity index (χ1) is 16.0. The zero-order valence-corrected chi connectivity index (χ0v) is 19.9. The van der Waals surface area contributed by atoms with Crippen molar-refractivity contribution in [1.29, 1.82) is 0 Å². The highest BCUT2D eigenvalue weighted by molar-refractivity contribution is 8.00. The largest absolute Gasteiger partial charge is 0.452 e. The molecule has 2 aliphatic heterocycles. The van der Waals surface area contributed by atoms with Crippen LogP contribution in [0, 0.1) is 0 Å². The lowest BCUT2D eigenvalue weighted by Crippen LogP contribution is -2.68. The summed E-state index contributed by atoms with van der Waals surface area (Å²) in [6, 6.07) is 19.5. The number of thioether (sulfide) groups is 1. The highest BCUT2D eigenvalue weighted by Crippen LogP contribution is 2.49. The van der Waals surface area contributed by atoms with Gasteiger partial charge in [-0.1, -0.05) is 60.7 Å². The molecule has 176 valence electrons. The molecule has 0 aliphatic carbocycles. The maximum atomic E-state index is 13.9. The Labute approximate surface area is 199 Å². The summed E-state index contributed by atoms with van der Waals surface area (Å²) in [5.41, 5.74) is 0.901. The van der Waals surface area contributed by atoms with Crippen LogP contribution in [-0.4, -0.2) is 71.4 Å². The number of aldehydes is 1. The summed E-state index contributed by atoms with van der Waals surface area (Å²) in [5.74, 6) is 0.174. The molecular weight excluding hydrogens is 436 g/mol. The van der Waals surface area contributed by atoms with Crippen molar-refractivity contribution in [3.05, 3.63) is 71.8 Å². The summed E-state index contributed by atoms with van der Waals surface area (Å²) in [6.45, 7) is 3.00. The van der Waals surface area contributed by atoms with Gasteiger partial charge in [0.05, 0.1) is 6.10 Å². The molecule has 33 heavy (non-hydrogen) atoms. The van der Waals surface area contributed by atoms with Crippen LogP contribution in [0.5, 0.6) is 0 Å². The third-order valence-electron chi connectivity index (χ3n) is 6.80. The SMILES string of the molecule is CN1CCN(C2(SCc3ccccc3)C(=O)OC(CCC=O)(c3ccccc3)CC2O)CC1. The minimum absolute atomic E-state index is 0.255. The molecule has 7 heteroatoms. The molecule has 0 saturated carbocycles. The predicted molar refractivity (Wildman–Crippen MR) is 130 cm³/mol. The number of rotatable bonds is 8. The van der Waals surface area contributed by atoms with E-state index in [0.717, 1.165) is 30.5 Å². The molecule has 2 aromatic carbocycles. The Morgan fingerprint density at radius 3 is 2.30 bits per heavy atom. The van der Waals surface area contributed by atoms with Crippen LogP contribution in [-0.2, 0) is 25.7 Å². The van der Waals surface area contributed by atoms with E-state index in [1.165, 1.54) is 11.8 Å². The number of piperazine rings is 1. The molecule has 2 saturated heterocycles. The number of cyclic esters (lactones) is 1. The van der Waals surface area contributed by atoms with E-state index in [1.807, 2.05) is 60.7 Å². The van der Waals surface area contributed by atoms with E-state index in [-0.39, 0.29) is 12.8 Å². The first-order valence-corrected chi connectivity index (χ1v) is 12.5. The second-order valence-corrected chi connectivity index (χ2v) is 10.1. The number of ether oxygens (including phenoxy) is 1. The summed E-state index contributed by atoms with van der Waals surface area (Å²) in [7, 11) is 2.07. The number of benzene rings is 2. The zero-order chi connectivity index (χ0) is 23.3. The van der Waals surface area contributed by atoms with E-state index in [0.29, 0.717) is 25.3 Å². The van der Waals surface area contributed by atoms with Gasteiger partial charge >= 0.3 is 5.97 Å². The molecule has 4 rings (SSSR count). The van der Waals surface area contributed by atoms with Crippen molar-refractivity contribution >= 4 is 24.0 Å². The Morgan fingerprint density at radius 1 is 1.06 bits per heavy atom. The molecular formula is C26H32N2O4S. The molecule has 6 nitrogen and oxygen atoms in total. The van der Waals surface area contributed by atoms with Crippen LogP contribution >= 0.6 is 11.8 Å². The predicted octanol–water partition coefficient (Wildman–Crippen LogP) is 3.05. The molecule has 0 radical (unpaired) electrons. The third-order valence-corrected chi connectivity index (χ3v) is 8.41. The molecule has 0 bridgehead atoms. The van der Waals surface area contributed by atoms with Gasteiger partial charge in [-0.2, -0.15) is 0 Å². The molecule has 0 aromatic heterocycles. The normalized spacial score (nSPS) is 28.9. The van der Waals surface area contributed by atoms with Crippen molar-refractivity contribution in [2.45, 2.75) is 41.6 Å². The van der Waals surface area contributed by atoms with Crippen LogP contribution in [0.15, 0.2) is 60.7 Å². The van der Waals surface area contributed by atoms with E-state index >= 15 is 0 Å². The van der Waals surface area contributed by atoms with Gasteiger partial charge in [0.25, 0.3) is 0 Å². The maximum absolute atomic E-state index is 13.9. The van der Waals surface area contributed by atoms with Gasteiger partial charge < -0.3 is 19.5 Å². The molecule has 0 spiro atoms. The Balaban J connectivity index is 1.68. The van der Waals surface area contributed by atoms with E-state index in [2.05, 4.69) is 16.8 Å². The topological polar surface area (TPSA) is 70.1 Å². The maximum Gasteiger partial charge on any atom is 0.340 e. The van der Waals surface area contributed by atoms with Crippen molar-refractivity contribution in [3.8, 4) is 0 Å². The van der Waals surface area contributed by atoms with Crippen LogP contribution in [0.2, 0.25) is 0 Å². The van der Waals surface area contributed by atoms with E-state index in [9.17, 15) is 14.7 Å². The number of nitrogens with zero attached hydrogens (tertiary/aromatic N) is 2. The average molecular weight is 469 g/mol. The standard InChI is InChI=1S/C26H32N2O4S/c1-27-14-16-28(17-15-27)26(33-20-21-9-4-2-5-10-21)23(30)19-25(13-8-18-29,32-24(26)31)22-11-6-3-7-12-22/h2-7,9-12,18,23,30H,8,13-17,19-20H2,1H3.